The Morgan fingerprint density at radius 2 is 1.43 bits per heavy atom. The van der Waals surface area contributed by atoms with Crippen molar-refractivity contribution in [3.8, 4) is 5.75 Å². The molecule has 0 saturated carbocycles. The fraction of sp³-hybridized carbons (Fsp3) is 0.125. The summed E-state index contributed by atoms with van der Waals surface area (Å²) in [6, 6.07) is 12.7. The number of hydrogen-bond donors (Lipinski definition) is 0. The Hall–Kier alpha value is -1.62. The van der Waals surface area contributed by atoms with Crippen LogP contribution in [0.2, 0.25) is 0 Å². The van der Waals surface area contributed by atoms with Gasteiger partial charge in [0, 0.05) is 18.3 Å². The number of rotatable bonds is 2. The molecule has 0 spiro atoms. The summed E-state index contributed by atoms with van der Waals surface area (Å²) in [6.45, 7) is 3.39. The van der Waals surface area contributed by atoms with Crippen molar-refractivity contribution in [2.24, 2.45) is 0 Å². The first-order valence-electron chi connectivity index (χ1n) is 6.18. The van der Waals surface area contributed by atoms with E-state index in [1.165, 1.54) is 36.1 Å². The maximum absolute atomic E-state index is 11.9. The number of nitrogens with zero attached hydrogens (tertiary/aromatic N) is 1. The van der Waals surface area contributed by atoms with Gasteiger partial charge in [-0.25, -0.2) is 0 Å². The fourth-order valence-electron chi connectivity index (χ4n) is 1.90. The van der Waals surface area contributed by atoms with Crippen LogP contribution < -0.4 is 45.0 Å². The van der Waals surface area contributed by atoms with Crippen LogP contribution in [0.1, 0.15) is 12.5 Å². The van der Waals surface area contributed by atoms with Crippen LogP contribution in [0, 0.1) is 6.92 Å². The van der Waals surface area contributed by atoms with Crippen LogP contribution in [0.5, 0.6) is 5.75 Å². The number of aryl methyl sites for hydroxylation is 1. The molecule has 0 heterocycles. The van der Waals surface area contributed by atoms with Gasteiger partial charge in [0.1, 0.15) is 0 Å². The summed E-state index contributed by atoms with van der Waals surface area (Å²) in [5.41, 5.74) is 1.66. The van der Waals surface area contributed by atoms with Gasteiger partial charge in [-0.2, -0.15) is 0 Å². The number of benzene rings is 1. The molecule has 0 aliphatic heterocycles. The van der Waals surface area contributed by atoms with Gasteiger partial charge in [0.15, 0.2) is 5.43 Å². The molecule has 0 atom stereocenters. The molecule has 0 fully saturated rings. The zero-order chi connectivity index (χ0) is 14.7. The SMILES string of the molecule is CC(=O)N(c1ccc(C)cc1)c1ccc([O-])c(=O)cc1.[Na+]. The first-order valence-corrected chi connectivity index (χ1v) is 6.18. The fourth-order valence-corrected chi connectivity index (χ4v) is 1.90. The van der Waals surface area contributed by atoms with Crippen molar-refractivity contribution >= 4 is 17.3 Å². The second-order valence-electron chi connectivity index (χ2n) is 4.51. The third-order valence-electron chi connectivity index (χ3n) is 2.92. The smallest absolute Gasteiger partial charge is 0.870 e. The summed E-state index contributed by atoms with van der Waals surface area (Å²) in [4.78, 5) is 24.7. The minimum Gasteiger partial charge on any atom is -0.870 e. The van der Waals surface area contributed by atoms with Crippen LogP contribution in [0.25, 0.3) is 0 Å². The second-order valence-corrected chi connectivity index (χ2v) is 4.51. The van der Waals surface area contributed by atoms with Crippen molar-refractivity contribution in [3.63, 3.8) is 0 Å². The Balaban J connectivity index is 0.00000220. The molecular formula is C16H14NNaO3. The van der Waals surface area contributed by atoms with Crippen LogP contribution >= 0.6 is 0 Å². The first-order chi connectivity index (χ1) is 9.49. The van der Waals surface area contributed by atoms with Gasteiger partial charge in [-0.3, -0.25) is 14.5 Å². The van der Waals surface area contributed by atoms with Crippen LogP contribution in [-0.2, 0) is 4.79 Å². The van der Waals surface area contributed by atoms with Crippen molar-refractivity contribution in [1.29, 1.82) is 0 Å². The van der Waals surface area contributed by atoms with Gasteiger partial charge in [0.25, 0.3) is 0 Å². The second kappa shape index (κ2) is 7.41. The van der Waals surface area contributed by atoms with E-state index in [0.717, 1.165) is 5.56 Å². The number of amides is 1. The van der Waals surface area contributed by atoms with E-state index in [1.54, 1.807) is 0 Å². The van der Waals surface area contributed by atoms with E-state index in [4.69, 9.17) is 0 Å². The topological polar surface area (TPSA) is 60.4 Å². The standard InChI is InChI=1S/C16H15NO3.Na/c1-11-3-5-13(6-4-11)17(12(2)18)14-7-9-15(19)16(20)10-8-14;/h3-10H,1-2H3,(H,19,20);/q;+1/p-1. The molecule has 0 bridgehead atoms. The Bertz CT molecular complexity index is 699. The molecule has 2 rings (SSSR count). The summed E-state index contributed by atoms with van der Waals surface area (Å²) >= 11 is 0. The largest absolute Gasteiger partial charge is 1.00 e. The predicted octanol–water partition coefficient (Wildman–Crippen LogP) is -0.883. The van der Waals surface area contributed by atoms with Crippen molar-refractivity contribution in [1.82, 2.24) is 0 Å². The van der Waals surface area contributed by atoms with Crippen LogP contribution in [0.3, 0.4) is 0 Å². The number of hydrogen-bond acceptors (Lipinski definition) is 3. The van der Waals surface area contributed by atoms with Crippen LogP contribution in [0.4, 0.5) is 11.4 Å². The molecule has 0 unspecified atom stereocenters. The molecule has 2 aromatic rings. The predicted molar refractivity (Wildman–Crippen MR) is 76.2 cm³/mol. The van der Waals surface area contributed by atoms with Gasteiger partial charge < -0.3 is 5.11 Å². The monoisotopic (exact) mass is 291 g/mol. The summed E-state index contributed by atoms with van der Waals surface area (Å²) in [5.74, 6) is -0.788. The molecule has 2 aromatic carbocycles. The minimum absolute atomic E-state index is 0. The molecule has 21 heavy (non-hydrogen) atoms. The van der Waals surface area contributed by atoms with Gasteiger partial charge in [0.2, 0.25) is 5.91 Å². The molecule has 0 radical (unpaired) electrons. The summed E-state index contributed by atoms with van der Waals surface area (Å²) in [5, 5.41) is 11.3. The summed E-state index contributed by atoms with van der Waals surface area (Å²) in [6.07, 6.45) is 0. The summed E-state index contributed by atoms with van der Waals surface area (Å²) < 4.78 is 0. The van der Waals surface area contributed by atoms with Gasteiger partial charge >= 0.3 is 29.6 Å². The Kier molecular flexibility index (Phi) is 6.15. The molecule has 1 amide bonds. The molecular weight excluding hydrogens is 277 g/mol. The molecule has 5 heteroatoms. The van der Waals surface area contributed by atoms with Gasteiger partial charge in [-0.05, 0) is 37.3 Å². The van der Waals surface area contributed by atoms with Gasteiger partial charge in [0.05, 0.1) is 0 Å². The van der Waals surface area contributed by atoms with E-state index in [9.17, 15) is 14.7 Å². The van der Waals surface area contributed by atoms with E-state index in [1.807, 2.05) is 31.2 Å². The minimum atomic E-state index is -0.594. The first kappa shape index (κ1) is 17.4. The van der Waals surface area contributed by atoms with Crippen molar-refractivity contribution in [2.75, 3.05) is 4.90 Å². The zero-order valence-electron chi connectivity index (χ0n) is 12.3. The maximum atomic E-state index is 11.9. The Morgan fingerprint density at radius 3 is 1.95 bits per heavy atom. The molecule has 0 N–H and O–H groups in total. The average Bonchev–Trinajstić information content (AvgIpc) is 2.56. The van der Waals surface area contributed by atoms with E-state index >= 15 is 0 Å². The molecule has 4 nitrogen and oxygen atoms in total. The molecule has 0 saturated heterocycles. The average molecular weight is 291 g/mol. The molecule has 0 aromatic heterocycles. The van der Waals surface area contributed by atoms with Crippen LogP contribution in [0.15, 0.2) is 53.3 Å². The third kappa shape index (κ3) is 4.17. The number of carbonyl (C=O) groups is 1. The van der Waals surface area contributed by atoms with Crippen molar-refractivity contribution < 1.29 is 39.5 Å². The van der Waals surface area contributed by atoms with Crippen molar-refractivity contribution in [3.05, 3.63) is 64.3 Å². The molecule has 0 aliphatic carbocycles. The normalized spacial score (nSPS) is 9.62. The third-order valence-corrected chi connectivity index (χ3v) is 2.92. The Labute approximate surface area is 145 Å². The maximum Gasteiger partial charge on any atom is 1.00 e. The molecule has 102 valence electrons. The Morgan fingerprint density at radius 1 is 0.952 bits per heavy atom. The van der Waals surface area contributed by atoms with Crippen LogP contribution in [-0.4, -0.2) is 5.91 Å². The zero-order valence-corrected chi connectivity index (χ0v) is 14.3. The van der Waals surface area contributed by atoms with Crippen molar-refractivity contribution in [2.45, 2.75) is 13.8 Å². The number of anilines is 2. The van der Waals surface area contributed by atoms with E-state index in [2.05, 4.69) is 0 Å². The number of carbonyl (C=O) groups excluding carboxylic acids is 1. The van der Waals surface area contributed by atoms with Gasteiger partial charge in [-0.15, -0.1) is 0 Å². The molecule has 0 aliphatic rings. The quantitative estimate of drug-likeness (QED) is 0.675. The van der Waals surface area contributed by atoms with E-state index in [-0.39, 0.29) is 35.5 Å². The van der Waals surface area contributed by atoms with E-state index in [0.29, 0.717) is 11.4 Å². The summed E-state index contributed by atoms with van der Waals surface area (Å²) in [7, 11) is 0. The van der Waals surface area contributed by atoms with E-state index < -0.39 is 11.2 Å². The van der Waals surface area contributed by atoms with Gasteiger partial charge in [-0.1, -0.05) is 29.5 Å².